The summed E-state index contributed by atoms with van der Waals surface area (Å²) in [5.74, 6) is 2.01. The molecule has 3 aromatic rings. The number of rotatable bonds is 6. The summed E-state index contributed by atoms with van der Waals surface area (Å²) in [6.07, 6.45) is 6.15. The Labute approximate surface area is 168 Å². The minimum absolute atomic E-state index is 0.0519. The molecule has 5 rings (SSSR count). The molecule has 0 unspecified atom stereocenters. The van der Waals surface area contributed by atoms with Crippen molar-refractivity contribution < 1.29 is 14.1 Å². The molecule has 8 nitrogen and oxygen atoms in total. The third kappa shape index (κ3) is 3.60. The number of hydrogen-bond donors (Lipinski definition) is 1. The number of amides is 1. The lowest BCUT2D eigenvalue weighted by Gasteiger charge is -2.19. The second kappa shape index (κ2) is 7.18. The highest BCUT2D eigenvalue weighted by Gasteiger charge is 2.30. The fourth-order valence-electron chi connectivity index (χ4n) is 3.93. The number of nitrogens with zero attached hydrogens (tertiary/aromatic N) is 4. The Hall–Kier alpha value is -2.87. The van der Waals surface area contributed by atoms with E-state index < -0.39 is 0 Å². The van der Waals surface area contributed by atoms with Gasteiger partial charge in [-0.15, -0.1) is 0 Å². The van der Waals surface area contributed by atoms with Crippen molar-refractivity contribution in [2.75, 3.05) is 25.5 Å². The molecule has 0 radical (unpaired) electrons. The average molecular weight is 395 g/mol. The van der Waals surface area contributed by atoms with Gasteiger partial charge in [-0.2, -0.15) is 5.10 Å². The first kappa shape index (κ1) is 18.2. The minimum atomic E-state index is 0.0519. The second-order valence-electron chi connectivity index (χ2n) is 8.08. The van der Waals surface area contributed by atoms with E-state index in [4.69, 9.17) is 9.26 Å². The Morgan fingerprint density at radius 1 is 1.34 bits per heavy atom. The van der Waals surface area contributed by atoms with Crippen LogP contribution in [-0.4, -0.2) is 51.8 Å². The molecule has 4 heterocycles. The van der Waals surface area contributed by atoms with Gasteiger partial charge >= 0.3 is 0 Å². The Morgan fingerprint density at radius 2 is 2.21 bits per heavy atom. The van der Waals surface area contributed by atoms with Crippen LogP contribution in [0.25, 0.3) is 16.6 Å². The molecule has 1 N–H and O–H groups in total. The number of likely N-dealkylation sites (tertiary alicyclic amines) is 1. The summed E-state index contributed by atoms with van der Waals surface area (Å²) in [7, 11) is 2.13. The van der Waals surface area contributed by atoms with Gasteiger partial charge in [0.05, 0.1) is 11.1 Å². The molecule has 0 aromatic carbocycles. The number of fused-ring (bicyclic) bond motifs is 1. The smallest absolute Gasteiger partial charge is 0.262 e. The van der Waals surface area contributed by atoms with E-state index in [0.717, 1.165) is 42.5 Å². The van der Waals surface area contributed by atoms with Gasteiger partial charge in [0.25, 0.3) is 5.88 Å². The van der Waals surface area contributed by atoms with Crippen LogP contribution < -0.4 is 10.1 Å². The summed E-state index contributed by atoms with van der Waals surface area (Å²) in [5.41, 5.74) is 2.69. The number of aryl methyl sites for hydroxylation is 1. The maximum atomic E-state index is 12.0. The number of ether oxygens (including phenoxy) is 1. The van der Waals surface area contributed by atoms with Crippen molar-refractivity contribution in [3.8, 4) is 17.0 Å². The maximum Gasteiger partial charge on any atom is 0.262 e. The molecule has 1 atom stereocenters. The van der Waals surface area contributed by atoms with Crippen LogP contribution in [0.2, 0.25) is 0 Å². The van der Waals surface area contributed by atoms with E-state index in [1.54, 1.807) is 4.52 Å². The van der Waals surface area contributed by atoms with Crippen LogP contribution in [0.3, 0.4) is 0 Å². The van der Waals surface area contributed by atoms with E-state index in [1.807, 2.05) is 31.3 Å². The van der Waals surface area contributed by atoms with Crippen molar-refractivity contribution >= 4 is 17.2 Å². The molecule has 1 saturated heterocycles. The monoisotopic (exact) mass is 395 g/mol. The Morgan fingerprint density at radius 3 is 2.97 bits per heavy atom. The third-order valence-electron chi connectivity index (χ3n) is 5.87. The molecule has 1 aliphatic carbocycles. The highest BCUT2D eigenvalue weighted by atomic mass is 16.5. The number of hydrogen-bond acceptors (Lipinski definition) is 6. The van der Waals surface area contributed by atoms with Crippen molar-refractivity contribution in [2.24, 2.45) is 5.92 Å². The van der Waals surface area contributed by atoms with E-state index in [2.05, 4.69) is 27.5 Å². The number of anilines is 1. The molecular formula is C21H25N5O3. The zero-order valence-electron chi connectivity index (χ0n) is 16.7. The molecule has 0 spiro atoms. The summed E-state index contributed by atoms with van der Waals surface area (Å²) in [4.78, 5) is 14.3. The zero-order chi connectivity index (χ0) is 20.0. The van der Waals surface area contributed by atoms with Crippen LogP contribution >= 0.6 is 0 Å². The van der Waals surface area contributed by atoms with E-state index in [9.17, 15) is 4.79 Å². The molecule has 152 valence electrons. The van der Waals surface area contributed by atoms with Gasteiger partial charge < -0.3 is 19.5 Å². The SMILES string of the molecule is Cc1onc(OC[C@@H]2CCCN2C)c1-c1ccn2nc(NC(=O)C3CC3)cc2c1. The maximum absolute atomic E-state index is 12.0. The second-order valence-corrected chi connectivity index (χ2v) is 8.08. The molecule has 1 amide bonds. The third-order valence-corrected chi connectivity index (χ3v) is 5.87. The number of likely N-dealkylation sites (N-methyl/N-ethyl adjacent to an activating group) is 1. The van der Waals surface area contributed by atoms with Crippen molar-refractivity contribution in [1.29, 1.82) is 0 Å². The van der Waals surface area contributed by atoms with Gasteiger partial charge in [-0.05, 0) is 69.1 Å². The molecule has 1 aliphatic heterocycles. The molecule has 8 heteroatoms. The van der Waals surface area contributed by atoms with Crippen LogP contribution in [0.4, 0.5) is 5.82 Å². The van der Waals surface area contributed by atoms with Gasteiger partial charge in [-0.25, -0.2) is 4.52 Å². The molecule has 29 heavy (non-hydrogen) atoms. The highest BCUT2D eigenvalue weighted by Crippen LogP contribution is 2.34. The molecule has 3 aromatic heterocycles. The quantitative estimate of drug-likeness (QED) is 0.690. The first-order chi connectivity index (χ1) is 14.1. The minimum Gasteiger partial charge on any atom is -0.473 e. The summed E-state index contributed by atoms with van der Waals surface area (Å²) in [5, 5.41) is 11.5. The molecule has 0 bridgehead atoms. The molecule has 1 saturated carbocycles. The lowest BCUT2D eigenvalue weighted by atomic mass is 10.1. The van der Waals surface area contributed by atoms with Gasteiger partial charge in [0, 0.05) is 24.2 Å². The molecule has 2 aliphatic rings. The van der Waals surface area contributed by atoms with E-state index in [-0.39, 0.29) is 11.8 Å². The summed E-state index contributed by atoms with van der Waals surface area (Å²) in [6.45, 7) is 3.59. The van der Waals surface area contributed by atoms with Crippen LogP contribution in [0.15, 0.2) is 28.9 Å². The number of pyridine rings is 1. The van der Waals surface area contributed by atoms with Gasteiger partial charge in [-0.3, -0.25) is 4.79 Å². The highest BCUT2D eigenvalue weighted by molar-refractivity contribution is 5.93. The predicted octanol–water partition coefficient (Wildman–Crippen LogP) is 3.12. The standard InChI is InChI=1S/C21H25N5O3/c1-13-19(21(24-29-13)28-12-16-4-3-8-25(16)2)15-7-9-26-17(10-15)11-18(23-26)22-20(27)14-5-6-14/h7,9-11,14,16H,3-6,8,12H2,1-2H3,(H,22,23,27)/t16-/m0/s1. The van der Waals surface area contributed by atoms with Gasteiger partial charge in [0.1, 0.15) is 12.4 Å². The summed E-state index contributed by atoms with van der Waals surface area (Å²) in [6, 6.07) is 6.25. The zero-order valence-corrected chi connectivity index (χ0v) is 16.7. The summed E-state index contributed by atoms with van der Waals surface area (Å²) < 4.78 is 13.2. The lowest BCUT2D eigenvalue weighted by molar-refractivity contribution is -0.117. The van der Waals surface area contributed by atoms with Crippen molar-refractivity contribution in [2.45, 2.75) is 38.6 Å². The topological polar surface area (TPSA) is 84.9 Å². The summed E-state index contributed by atoms with van der Waals surface area (Å²) >= 11 is 0. The first-order valence-corrected chi connectivity index (χ1v) is 10.2. The number of carbonyl (C=O) groups excluding carboxylic acids is 1. The van der Waals surface area contributed by atoms with Crippen molar-refractivity contribution in [1.82, 2.24) is 19.7 Å². The van der Waals surface area contributed by atoms with Crippen LogP contribution in [0, 0.1) is 12.8 Å². The molecular weight excluding hydrogens is 370 g/mol. The van der Waals surface area contributed by atoms with Crippen LogP contribution in [0.1, 0.15) is 31.4 Å². The van der Waals surface area contributed by atoms with Crippen molar-refractivity contribution in [3.05, 3.63) is 30.2 Å². The van der Waals surface area contributed by atoms with Crippen molar-refractivity contribution in [3.63, 3.8) is 0 Å². The van der Waals surface area contributed by atoms with Crippen LogP contribution in [-0.2, 0) is 4.79 Å². The lowest BCUT2D eigenvalue weighted by Crippen LogP contribution is -2.30. The van der Waals surface area contributed by atoms with Gasteiger partial charge in [0.2, 0.25) is 5.91 Å². The van der Waals surface area contributed by atoms with E-state index in [1.165, 1.54) is 6.42 Å². The van der Waals surface area contributed by atoms with E-state index >= 15 is 0 Å². The number of carbonyl (C=O) groups is 1. The van der Waals surface area contributed by atoms with Gasteiger partial charge in [0.15, 0.2) is 5.82 Å². The average Bonchev–Trinajstić information content (AvgIpc) is 3.21. The fraction of sp³-hybridized carbons (Fsp3) is 0.476. The Bertz CT molecular complexity index is 1050. The van der Waals surface area contributed by atoms with Crippen LogP contribution in [0.5, 0.6) is 5.88 Å². The number of nitrogens with one attached hydrogen (secondary N) is 1. The number of aromatic nitrogens is 3. The normalized spacial score (nSPS) is 19.7. The largest absolute Gasteiger partial charge is 0.473 e. The van der Waals surface area contributed by atoms with Gasteiger partial charge in [-0.1, -0.05) is 0 Å². The predicted molar refractivity (Wildman–Crippen MR) is 108 cm³/mol. The molecule has 2 fully saturated rings. The van der Waals surface area contributed by atoms with E-state index in [0.29, 0.717) is 30.1 Å². The fourth-order valence-corrected chi connectivity index (χ4v) is 3.93. The Balaban J connectivity index is 1.38. The Kier molecular flexibility index (Phi) is 4.50. The first-order valence-electron chi connectivity index (χ1n) is 10.2.